The van der Waals surface area contributed by atoms with Gasteiger partial charge >= 0.3 is 0 Å². The van der Waals surface area contributed by atoms with Crippen LogP contribution in [-0.4, -0.2) is 25.6 Å². The van der Waals surface area contributed by atoms with Crippen molar-refractivity contribution >= 4 is 17.3 Å². The normalized spacial score (nSPS) is 10.4. The van der Waals surface area contributed by atoms with Gasteiger partial charge in [-0.25, -0.2) is 9.67 Å². The molecule has 148 valence electrons. The summed E-state index contributed by atoms with van der Waals surface area (Å²) in [6.07, 6.45) is 2.62. The Balaban J connectivity index is 1.61. The molecule has 1 N–H and O–H groups in total. The number of carbonyl (C=O) groups excluding carboxylic acids is 1. The van der Waals surface area contributed by atoms with Gasteiger partial charge in [-0.1, -0.05) is 30.3 Å². The first-order valence-corrected chi connectivity index (χ1v) is 8.88. The molecule has 0 saturated carbocycles. The van der Waals surface area contributed by atoms with E-state index in [-0.39, 0.29) is 16.9 Å². The molecule has 4 rings (SSSR count). The summed E-state index contributed by atoms with van der Waals surface area (Å²) in [5, 5.41) is 18.2. The third kappa shape index (κ3) is 3.99. The van der Waals surface area contributed by atoms with Crippen molar-refractivity contribution in [2.45, 2.75) is 0 Å². The lowest BCUT2D eigenvalue weighted by Gasteiger charge is -2.12. The first kappa shape index (κ1) is 18.8. The highest BCUT2D eigenvalue weighted by Gasteiger charge is 2.20. The lowest BCUT2D eigenvalue weighted by Crippen LogP contribution is -2.13. The fourth-order valence-corrected chi connectivity index (χ4v) is 2.81. The number of ether oxygens (including phenoxy) is 1. The van der Waals surface area contributed by atoms with Gasteiger partial charge in [0.15, 0.2) is 5.75 Å². The Kier molecular flexibility index (Phi) is 5.16. The van der Waals surface area contributed by atoms with Gasteiger partial charge in [0.05, 0.1) is 10.6 Å². The fourth-order valence-electron chi connectivity index (χ4n) is 2.81. The van der Waals surface area contributed by atoms with Gasteiger partial charge < -0.3 is 10.1 Å². The Morgan fingerprint density at radius 3 is 2.53 bits per heavy atom. The molecule has 9 heteroatoms. The first-order valence-electron chi connectivity index (χ1n) is 8.88. The number of benzene rings is 3. The molecule has 0 unspecified atom stereocenters. The molecule has 4 aromatic rings. The third-order valence-corrected chi connectivity index (χ3v) is 4.21. The van der Waals surface area contributed by atoms with Gasteiger partial charge in [0.2, 0.25) is 0 Å². The molecule has 0 radical (unpaired) electrons. The van der Waals surface area contributed by atoms with Crippen molar-refractivity contribution in [1.29, 1.82) is 0 Å². The summed E-state index contributed by atoms with van der Waals surface area (Å²) in [5.41, 5.74) is 0.512. The topological polar surface area (TPSA) is 112 Å². The summed E-state index contributed by atoms with van der Waals surface area (Å²) in [4.78, 5) is 27.5. The van der Waals surface area contributed by atoms with Crippen molar-refractivity contribution in [3.05, 3.63) is 101 Å². The van der Waals surface area contributed by atoms with E-state index in [1.165, 1.54) is 35.5 Å². The molecule has 1 aromatic heterocycles. The van der Waals surface area contributed by atoms with Crippen molar-refractivity contribution in [3.63, 3.8) is 0 Å². The van der Waals surface area contributed by atoms with Crippen LogP contribution in [0.15, 0.2) is 85.5 Å². The van der Waals surface area contributed by atoms with E-state index in [0.717, 1.165) is 0 Å². The van der Waals surface area contributed by atoms with E-state index in [1.54, 1.807) is 36.4 Å². The molecule has 9 nitrogen and oxygen atoms in total. The number of nitro benzene ring substituents is 1. The summed E-state index contributed by atoms with van der Waals surface area (Å²) in [7, 11) is 0. The fraction of sp³-hybridized carbons (Fsp3) is 0. The number of rotatable bonds is 6. The number of hydrogen-bond donors (Lipinski definition) is 1. The van der Waals surface area contributed by atoms with Gasteiger partial charge in [-0.3, -0.25) is 14.9 Å². The third-order valence-electron chi connectivity index (χ3n) is 4.21. The first-order chi connectivity index (χ1) is 14.6. The van der Waals surface area contributed by atoms with Crippen molar-refractivity contribution in [1.82, 2.24) is 14.8 Å². The van der Waals surface area contributed by atoms with Crippen LogP contribution < -0.4 is 10.1 Å². The number of anilines is 1. The quantitative estimate of drug-likeness (QED) is 0.382. The highest BCUT2D eigenvalue weighted by atomic mass is 16.6. The maximum absolute atomic E-state index is 12.8. The standard InChI is InChI=1S/C21H15N5O4/c27-21(15-10-11-18(19(12-15)26(28)29)25-14-22-13-23-25)24-17-8-4-5-9-20(17)30-16-6-2-1-3-7-16/h1-14H,(H,24,27). The van der Waals surface area contributed by atoms with Gasteiger partial charge in [0.1, 0.15) is 24.1 Å². The molecular weight excluding hydrogens is 386 g/mol. The highest BCUT2D eigenvalue weighted by Crippen LogP contribution is 2.30. The van der Waals surface area contributed by atoms with Crippen LogP contribution in [0.4, 0.5) is 11.4 Å². The van der Waals surface area contributed by atoms with E-state index in [1.807, 2.05) is 18.2 Å². The number of para-hydroxylation sites is 3. The van der Waals surface area contributed by atoms with E-state index in [9.17, 15) is 14.9 Å². The SMILES string of the molecule is O=C(Nc1ccccc1Oc1ccccc1)c1ccc(-n2cncn2)c([N+](=O)[O-])c1. The second-order valence-electron chi connectivity index (χ2n) is 6.17. The molecule has 1 amide bonds. The molecule has 1 heterocycles. The Hall–Kier alpha value is -4.53. The predicted molar refractivity (Wildman–Crippen MR) is 109 cm³/mol. The van der Waals surface area contributed by atoms with Gasteiger partial charge in [-0.15, -0.1) is 0 Å². The molecule has 0 aliphatic rings. The predicted octanol–water partition coefficient (Wildman–Crippen LogP) is 4.22. The van der Waals surface area contributed by atoms with Crippen LogP contribution in [0, 0.1) is 10.1 Å². The maximum atomic E-state index is 12.8. The van der Waals surface area contributed by atoms with E-state index in [4.69, 9.17) is 4.74 Å². The summed E-state index contributed by atoms with van der Waals surface area (Å²) >= 11 is 0. The molecule has 3 aromatic carbocycles. The molecular formula is C21H15N5O4. The Labute approximate surface area is 170 Å². The van der Waals surface area contributed by atoms with E-state index >= 15 is 0 Å². The lowest BCUT2D eigenvalue weighted by atomic mass is 10.1. The van der Waals surface area contributed by atoms with Gasteiger partial charge in [0, 0.05) is 11.6 Å². The summed E-state index contributed by atoms with van der Waals surface area (Å²) in [5.74, 6) is 0.560. The summed E-state index contributed by atoms with van der Waals surface area (Å²) in [6, 6.07) is 20.2. The van der Waals surface area contributed by atoms with Crippen LogP contribution in [0.5, 0.6) is 11.5 Å². The zero-order valence-corrected chi connectivity index (χ0v) is 15.5. The molecule has 0 aliphatic heterocycles. The van der Waals surface area contributed by atoms with Crippen LogP contribution in [0.25, 0.3) is 5.69 Å². The molecule has 0 bridgehead atoms. The second kappa shape index (κ2) is 8.23. The van der Waals surface area contributed by atoms with Gasteiger partial charge in [-0.2, -0.15) is 5.10 Å². The Bertz CT molecular complexity index is 1190. The molecule has 0 fully saturated rings. The molecule has 0 spiro atoms. The number of nitrogens with one attached hydrogen (secondary N) is 1. The molecule has 0 saturated heterocycles. The minimum absolute atomic E-state index is 0.125. The van der Waals surface area contributed by atoms with Crippen molar-refractivity contribution in [2.75, 3.05) is 5.32 Å². The number of amides is 1. The minimum atomic E-state index is -0.569. The van der Waals surface area contributed by atoms with Crippen LogP contribution in [0.2, 0.25) is 0 Å². The highest BCUT2D eigenvalue weighted by molar-refractivity contribution is 6.05. The van der Waals surface area contributed by atoms with Crippen molar-refractivity contribution in [2.24, 2.45) is 0 Å². The largest absolute Gasteiger partial charge is 0.455 e. The van der Waals surface area contributed by atoms with Crippen LogP contribution in [-0.2, 0) is 0 Å². The smallest absolute Gasteiger partial charge is 0.295 e. The van der Waals surface area contributed by atoms with Crippen molar-refractivity contribution < 1.29 is 14.5 Å². The van der Waals surface area contributed by atoms with Crippen LogP contribution >= 0.6 is 0 Å². The average Bonchev–Trinajstić information content (AvgIpc) is 3.30. The average molecular weight is 401 g/mol. The van der Waals surface area contributed by atoms with Gasteiger partial charge in [-0.05, 0) is 36.4 Å². The Morgan fingerprint density at radius 2 is 1.80 bits per heavy atom. The zero-order valence-electron chi connectivity index (χ0n) is 15.5. The molecule has 0 atom stereocenters. The Morgan fingerprint density at radius 1 is 1.03 bits per heavy atom. The summed E-state index contributed by atoms with van der Waals surface area (Å²) in [6.45, 7) is 0. The van der Waals surface area contributed by atoms with Crippen LogP contribution in [0.1, 0.15) is 10.4 Å². The number of aromatic nitrogens is 3. The number of nitrogens with zero attached hydrogens (tertiary/aromatic N) is 4. The van der Waals surface area contributed by atoms with E-state index < -0.39 is 10.8 Å². The minimum Gasteiger partial charge on any atom is -0.455 e. The maximum Gasteiger partial charge on any atom is 0.295 e. The number of nitro groups is 1. The van der Waals surface area contributed by atoms with Gasteiger partial charge in [0.25, 0.3) is 11.6 Å². The molecule has 30 heavy (non-hydrogen) atoms. The van der Waals surface area contributed by atoms with Crippen molar-refractivity contribution in [3.8, 4) is 17.2 Å². The molecule has 0 aliphatic carbocycles. The van der Waals surface area contributed by atoms with E-state index in [2.05, 4.69) is 15.4 Å². The number of carbonyl (C=O) groups is 1. The monoisotopic (exact) mass is 401 g/mol. The van der Waals surface area contributed by atoms with E-state index in [0.29, 0.717) is 17.2 Å². The second-order valence-corrected chi connectivity index (χ2v) is 6.17. The summed E-state index contributed by atoms with van der Waals surface area (Å²) < 4.78 is 7.10. The number of hydrogen-bond acceptors (Lipinski definition) is 6. The van der Waals surface area contributed by atoms with Crippen LogP contribution in [0.3, 0.4) is 0 Å². The zero-order chi connectivity index (χ0) is 20.9. The lowest BCUT2D eigenvalue weighted by molar-refractivity contribution is -0.384.